The van der Waals surface area contributed by atoms with Crippen molar-refractivity contribution in [3.8, 4) is 16.9 Å². The van der Waals surface area contributed by atoms with Crippen LogP contribution in [0.15, 0.2) is 66.7 Å². The van der Waals surface area contributed by atoms with Crippen LogP contribution in [0.2, 0.25) is 0 Å². The summed E-state index contributed by atoms with van der Waals surface area (Å²) in [7, 11) is 1.64. The first-order valence-corrected chi connectivity index (χ1v) is 10.8. The minimum absolute atomic E-state index is 0.0111. The predicted molar refractivity (Wildman–Crippen MR) is 121 cm³/mol. The molecule has 0 unspecified atom stereocenters. The van der Waals surface area contributed by atoms with Gasteiger partial charge in [-0.3, -0.25) is 4.79 Å². The number of aliphatic hydroxyl groups is 1. The number of nitrogens with zero attached hydrogens (tertiary/aromatic N) is 1. The lowest BCUT2D eigenvalue weighted by Crippen LogP contribution is -2.42. The Labute approximate surface area is 186 Å². The van der Waals surface area contributed by atoms with E-state index in [-0.39, 0.29) is 30.5 Å². The van der Waals surface area contributed by atoms with Gasteiger partial charge in [0.1, 0.15) is 11.6 Å². The Morgan fingerprint density at radius 1 is 1.12 bits per heavy atom. The molecule has 3 aromatic rings. The van der Waals surface area contributed by atoms with Gasteiger partial charge in [-0.2, -0.15) is 0 Å². The fourth-order valence-electron chi connectivity index (χ4n) is 5.04. The van der Waals surface area contributed by atoms with E-state index in [1.165, 1.54) is 12.1 Å². The summed E-state index contributed by atoms with van der Waals surface area (Å²) in [5.74, 6) is 0.265. The summed E-state index contributed by atoms with van der Waals surface area (Å²) in [5.41, 5.74) is 4.38. The molecule has 0 bridgehead atoms. The van der Waals surface area contributed by atoms with E-state index >= 15 is 0 Å². The number of aliphatic hydroxyl groups excluding tert-OH is 1. The summed E-state index contributed by atoms with van der Waals surface area (Å²) in [5, 5.41) is 13.5. The Balaban J connectivity index is 1.55. The molecule has 1 saturated heterocycles. The smallest absolute Gasteiger partial charge is 0.254 e. The molecule has 0 radical (unpaired) electrons. The summed E-state index contributed by atoms with van der Waals surface area (Å²) in [6.07, 6.45) is 0.774. The highest BCUT2D eigenvalue weighted by Gasteiger charge is 2.45. The molecule has 3 aromatic carbocycles. The quantitative estimate of drug-likeness (QED) is 0.638. The second-order valence-electron chi connectivity index (χ2n) is 8.37. The molecule has 2 heterocycles. The lowest BCUT2D eigenvalue weighted by molar-refractivity contribution is 0.0700. The third-order valence-electron chi connectivity index (χ3n) is 6.63. The van der Waals surface area contributed by atoms with Crippen molar-refractivity contribution in [2.45, 2.75) is 18.5 Å². The maximum absolute atomic E-state index is 13.8. The molecule has 1 fully saturated rings. The Morgan fingerprint density at radius 2 is 1.91 bits per heavy atom. The number of likely N-dealkylation sites (tertiary alicyclic amines) is 1. The van der Waals surface area contributed by atoms with Crippen LogP contribution in [-0.2, 0) is 0 Å². The van der Waals surface area contributed by atoms with Crippen LogP contribution in [0, 0.1) is 11.7 Å². The van der Waals surface area contributed by atoms with E-state index in [1.54, 1.807) is 19.2 Å². The number of ether oxygens (including phenoxy) is 1. The number of fused-ring (bicyclic) bond motifs is 3. The maximum atomic E-state index is 13.8. The molecule has 2 aliphatic heterocycles. The molecule has 6 heteroatoms. The number of halogens is 1. The van der Waals surface area contributed by atoms with Crippen molar-refractivity contribution < 1.29 is 19.0 Å². The molecule has 0 aromatic heterocycles. The number of methoxy groups -OCH3 is 1. The Kier molecular flexibility index (Phi) is 5.31. The largest absolute Gasteiger partial charge is 0.497 e. The minimum atomic E-state index is -0.424. The summed E-state index contributed by atoms with van der Waals surface area (Å²) < 4.78 is 19.0. The highest BCUT2D eigenvalue weighted by Crippen LogP contribution is 2.47. The van der Waals surface area contributed by atoms with Crippen molar-refractivity contribution in [2.24, 2.45) is 5.92 Å². The number of carbonyl (C=O) groups excluding carboxylic acids is 1. The molecule has 1 amide bonds. The molecule has 0 aliphatic carbocycles. The molecular formula is C26H25FN2O3. The molecule has 32 heavy (non-hydrogen) atoms. The van der Waals surface area contributed by atoms with Crippen LogP contribution in [-0.4, -0.2) is 42.2 Å². The first-order chi connectivity index (χ1) is 15.6. The standard InChI is InChI=1S/C26H25FN2O3/c1-32-20-8-5-16(6-9-20)17-7-10-23-22(14-17)25-21(24(15-30)28-23)11-12-29(25)26(31)18-3-2-4-19(27)13-18/h2-10,13-14,21,24-25,28,30H,11-12,15H2,1H3/t21-,24+,25-/m1/s1. The van der Waals surface area contributed by atoms with Gasteiger partial charge in [0.25, 0.3) is 5.91 Å². The highest BCUT2D eigenvalue weighted by molar-refractivity contribution is 5.95. The van der Waals surface area contributed by atoms with Crippen LogP contribution >= 0.6 is 0 Å². The number of rotatable bonds is 4. The molecule has 2 aliphatic rings. The van der Waals surface area contributed by atoms with E-state index in [0.717, 1.165) is 34.5 Å². The van der Waals surface area contributed by atoms with Crippen LogP contribution in [0.5, 0.6) is 5.75 Å². The third-order valence-corrected chi connectivity index (χ3v) is 6.63. The zero-order chi connectivity index (χ0) is 22.2. The average molecular weight is 432 g/mol. The van der Waals surface area contributed by atoms with Crippen molar-refractivity contribution in [3.63, 3.8) is 0 Å². The molecule has 2 N–H and O–H groups in total. The number of amides is 1. The lowest BCUT2D eigenvalue weighted by Gasteiger charge is -2.39. The summed E-state index contributed by atoms with van der Waals surface area (Å²) in [4.78, 5) is 15.2. The van der Waals surface area contributed by atoms with Gasteiger partial charge in [0.05, 0.1) is 25.8 Å². The van der Waals surface area contributed by atoms with E-state index in [4.69, 9.17) is 4.74 Å². The molecule has 164 valence electrons. The van der Waals surface area contributed by atoms with Crippen molar-refractivity contribution in [1.29, 1.82) is 0 Å². The molecular weight excluding hydrogens is 407 g/mol. The van der Waals surface area contributed by atoms with Crippen LogP contribution in [0.25, 0.3) is 11.1 Å². The van der Waals surface area contributed by atoms with E-state index in [1.807, 2.05) is 41.3 Å². The number of anilines is 1. The van der Waals surface area contributed by atoms with Gasteiger partial charge in [-0.05, 0) is 65.6 Å². The highest BCUT2D eigenvalue weighted by atomic mass is 19.1. The van der Waals surface area contributed by atoms with Crippen LogP contribution in [0.1, 0.15) is 28.4 Å². The second kappa shape index (κ2) is 8.28. The van der Waals surface area contributed by atoms with Crippen LogP contribution in [0.3, 0.4) is 0 Å². The Morgan fingerprint density at radius 3 is 2.62 bits per heavy atom. The average Bonchev–Trinajstić information content (AvgIpc) is 3.28. The number of benzene rings is 3. The zero-order valence-electron chi connectivity index (χ0n) is 17.8. The predicted octanol–water partition coefficient (Wildman–Crippen LogP) is 4.49. The second-order valence-corrected chi connectivity index (χ2v) is 8.37. The molecule has 0 saturated carbocycles. The number of nitrogens with one attached hydrogen (secondary N) is 1. The van der Waals surface area contributed by atoms with Crippen molar-refractivity contribution >= 4 is 11.6 Å². The van der Waals surface area contributed by atoms with Gasteiger partial charge in [-0.15, -0.1) is 0 Å². The van der Waals surface area contributed by atoms with E-state index in [9.17, 15) is 14.3 Å². The summed E-state index contributed by atoms with van der Waals surface area (Å²) in [6.45, 7) is 0.553. The fourth-order valence-corrected chi connectivity index (χ4v) is 5.04. The fraction of sp³-hybridized carbons (Fsp3) is 0.269. The van der Waals surface area contributed by atoms with Gasteiger partial charge < -0.3 is 20.1 Å². The normalized spacial score (nSPS) is 21.5. The minimum Gasteiger partial charge on any atom is -0.497 e. The number of hydrogen-bond acceptors (Lipinski definition) is 4. The first-order valence-electron chi connectivity index (χ1n) is 10.8. The van der Waals surface area contributed by atoms with Gasteiger partial charge >= 0.3 is 0 Å². The lowest BCUT2D eigenvalue weighted by atomic mass is 9.82. The van der Waals surface area contributed by atoms with Crippen LogP contribution in [0.4, 0.5) is 10.1 Å². The molecule has 5 nitrogen and oxygen atoms in total. The van der Waals surface area contributed by atoms with E-state index < -0.39 is 5.82 Å². The molecule has 5 rings (SSSR count). The van der Waals surface area contributed by atoms with Crippen molar-refractivity contribution in [2.75, 3.05) is 25.6 Å². The SMILES string of the molecule is COc1ccc(-c2ccc3c(c2)[C@H]2[C@H](CCN2C(=O)c2cccc(F)c2)[C@H](CO)N3)cc1. The maximum Gasteiger partial charge on any atom is 0.254 e. The van der Waals surface area contributed by atoms with Crippen molar-refractivity contribution in [3.05, 3.63) is 83.7 Å². The van der Waals surface area contributed by atoms with Gasteiger partial charge in [-0.1, -0.05) is 24.3 Å². The molecule has 3 atom stereocenters. The van der Waals surface area contributed by atoms with E-state index in [0.29, 0.717) is 12.1 Å². The van der Waals surface area contributed by atoms with Crippen molar-refractivity contribution in [1.82, 2.24) is 4.90 Å². The Bertz CT molecular complexity index is 1150. The molecule has 0 spiro atoms. The summed E-state index contributed by atoms with van der Waals surface area (Å²) >= 11 is 0. The topological polar surface area (TPSA) is 61.8 Å². The number of carbonyl (C=O) groups is 1. The van der Waals surface area contributed by atoms with Gasteiger partial charge in [0.2, 0.25) is 0 Å². The summed E-state index contributed by atoms with van der Waals surface area (Å²) in [6, 6.07) is 19.6. The third kappa shape index (κ3) is 3.50. The van der Waals surface area contributed by atoms with Crippen LogP contribution < -0.4 is 10.1 Å². The zero-order valence-corrected chi connectivity index (χ0v) is 17.8. The van der Waals surface area contributed by atoms with Gasteiger partial charge in [0, 0.05) is 23.7 Å². The van der Waals surface area contributed by atoms with Gasteiger partial charge in [-0.25, -0.2) is 4.39 Å². The van der Waals surface area contributed by atoms with E-state index in [2.05, 4.69) is 11.4 Å². The number of hydrogen-bond donors (Lipinski definition) is 2. The monoisotopic (exact) mass is 432 g/mol. The van der Waals surface area contributed by atoms with Gasteiger partial charge in [0.15, 0.2) is 0 Å². The first kappa shape index (κ1) is 20.5. The Hall–Kier alpha value is -3.38.